The number of ether oxygens (including phenoxy) is 2. The molecule has 9 atom stereocenters. The Kier molecular flexibility index (Phi) is 56.1. The number of carbonyl (C=O) groups is 1. The number of unbranched alkanes of at least 4 members (excludes halogenated alkanes) is 38. The number of hydrogen-bond acceptors (Lipinski definition) is 10. The van der Waals surface area contributed by atoms with Crippen molar-refractivity contribution in [3.05, 3.63) is 60.8 Å². The molecule has 1 aliphatic heterocycles. The van der Waals surface area contributed by atoms with E-state index in [2.05, 4.69) is 79.9 Å². The highest BCUT2D eigenvalue weighted by Gasteiger charge is 2.44. The predicted octanol–water partition coefficient (Wildman–Crippen LogP) is 16.5. The Hall–Kier alpha value is -2.19. The standard InChI is InChI=1S/C71H131NO10/c1-3-5-7-9-11-13-15-17-19-21-23-25-27-29-31-33-35-37-39-41-43-45-47-49-51-53-55-57-59-64(75)70(80)72-62(61-81-71-69(79)68(78)67(77)65(60-73)82-71)66(76)63(74)58-56-54-52-50-48-46-44-42-40-38-36-34-32-30-28-26-24-22-20-18-16-14-12-10-8-6-4-2/h23,25,29,31,34,36,42,44,50,52,62-69,71,73-79H,3-22,24,26-28,30,32-33,35,37-41,43,45-49,51,53-61H2,1-2H3,(H,72,80)/b25-23-,31-29-,36-34+,44-42+,52-50+. The molecular weight excluding hydrogens is 1030 g/mol. The minimum atomic E-state index is -1.68. The maximum atomic E-state index is 13.2. The van der Waals surface area contributed by atoms with Crippen molar-refractivity contribution in [2.45, 2.75) is 371 Å². The topological polar surface area (TPSA) is 189 Å². The molecule has 1 aliphatic rings. The van der Waals surface area contributed by atoms with Crippen molar-refractivity contribution < 1.29 is 50.0 Å². The number of amides is 1. The molecule has 0 aliphatic carbocycles. The molecule has 0 aromatic rings. The number of aliphatic hydroxyl groups is 7. The first-order chi connectivity index (χ1) is 40.2. The Morgan fingerprint density at radius 1 is 0.427 bits per heavy atom. The molecule has 11 heteroatoms. The summed E-state index contributed by atoms with van der Waals surface area (Å²) in [6.07, 6.45) is 67.3. The normalized spacial score (nSPS) is 19.5. The summed E-state index contributed by atoms with van der Waals surface area (Å²) < 4.78 is 11.2. The van der Waals surface area contributed by atoms with E-state index in [1.165, 1.54) is 218 Å². The molecule has 1 rings (SSSR count). The Morgan fingerprint density at radius 2 is 0.768 bits per heavy atom. The van der Waals surface area contributed by atoms with Gasteiger partial charge in [-0.25, -0.2) is 0 Å². The van der Waals surface area contributed by atoms with Gasteiger partial charge >= 0.3 is 0 Å². The third-order valence-electron chi connectivity index (χ3n) is 16.5. The van der Waals surface area contributed by atoms with E-state index in [0.29, 0.717) is 19.3 Å². The molecule has 9 unspecified atom stereocenters. The largest absolute Gasteiger partial charge is 0.394 e. The molecule has 0 radical (unpaired) electrons. The summed E-state index contributed by atoms with van der Waals surface area (Å²) in [5.74, 6) is -0.712. The molecule has 0 saturated carbocycles. The van der Waals surface area contributed by atoms with Crippen molar-refractivity contribution in [1.29, 1.82) is 0 Å². The second-order valence-electron chi connectivity index (χ2n) is 24.2. The zero-order valence-corrected chi connectivity index (χ0v) is 53.0. The fourth-order valence-electron chi connectivity index (χ4n) is 10.9. The number of rotatable bonds is 60. The first-order valence-electron chi connectivity index (χ1n) is 34.7. The minimum Gasteiger partial charge on any atom is -0.394 e. The van der Waals surface area contributed by atoms with Crippen molar-refractivity contribution in [2.24, 2.45) is 0 Å². The number of carbonyl (C=O) groups excluding carboxylic acids is 1. The lowest BCUT2D eigenvalue weighted by molar-refractivity contribution is -0.303. The summed E-state index contributed by atoms with van der Waals surface area (Å²) >= 11 is 0. The maximum absolute atomic E-state index is 13.2. The summed E-state index contributed by atoms with van der Waals surface area (Å²) in [4.78, 5) is 13.2. The van der Waals surface area contributed by atoms with Gasteiger partial charge in [0.2, 0.25) is 5.91 Å². The van der Waals surface area contributed by atoms with Crippen LogP contribution in [0.25, 0.3) is 0 Å². The van der Waals surface area contributed by atoms with Gasteiger partial charge in [0, 0.05) is 0 Å². The summed E-state index contributed by atoms with van der Waals surface area (Å²) in [5.41, 5.74) is 0. The van der Waals surface area contributed by atoms with E-state index < -0.39 is 74.2 Å². The van der Waals surface area contributed by atoms with Crippen LogP contribution in [-0.2, 0) is 14.3 Å². The highest BCUT2D eigenvalue weighted by atomic mass is 16.7. The zero-order chi connectivity index (χ0) is 59.6. The molecule has 1 amide bonds. The van der Waals surface area contributed by atoms with Gasteiger partial charge in [-0.3, -0.25) is 4.79 Å². The second kappa shape index (κ2) is 59.2. The average Bonchev–Trinajstić information content (AvgIpc) is 3.48. The fourth-order valence-corrected chi connectivity index (χ4v) is 10.9. The van der Waals surface area contributed by atoms with Crippen molar-refractivity contribution in [1.82, 2.24) is 5.32 Å². The lowest BCUT2D eigenvalue weighted by Gasteiger charge is -2.40. The van der Waals surface area contributed by atoms with Crippen LogP contribution in [-0.4, -0.2) is 110 Å². The van der Waals surface area contributed by atoms with E-state index in [1.54, 1.807) is 0 Å². The van der Waals surface area contributed by atoms with Gasteiger partial charge < -0.3 is 50.5 Å². The van der Waals surface area contributed by atoms with E-state index in [9.17, 15) is 40.5 Å². The average molecular weight is 1160 g/mol. The van der Waals surface area contributed by atoms with Crippen LogP contribution >= 0.6 is 0 Å². The van der Waals surface area contributed by atoms with Gasteiger partial charge in [-0.2, -0.15) is 0 Å². The molecule has 0 spiro atoms. The van der Waals surface area contributed by atoms with E-state index in [0.717, 1.165) is 51.4 Å². The smallest absolute Gasteiger partial charge is 0.249 e. The van der Waals surface area contributed by atoms with Crippen LogP contribution in [0.5, 0.6) is 0 Å². The highest BCUT2D eigenvalue weighted by molar-refractivity contribution is 5.80. The Morgan fingerprint density at radius 3 is 1.16 bits per heavy atom. The van der Waals surface area contributed by atoms with Crippen molar-refractivity contribution in [2.75, 3.05) is 13.2 Å². The molecule has 0 bridgehead atoms. The van der Waals surface area contributed by atoms with Gasteiger partial charge in [-0.05, 0) is 96.3 Å². The summed E-state index contributed by atoms with van der Waals surface area (Å²) in [5, 5.41) is 76.4. The van der Waals surface area contributed by atoms with E-state index in [-0.39, 0.29) is 12.8 Å². The number of nitrogens with one attached hydrogen (secondary N) is 1. The van der Waals surface area contributed by atoms with Gasteiger partial charge in [0.1, 0.15) is 36.6 Å². The van der Waals surface area contributed by atoms with Crippen LogP contribution in [0, 0.1) is 0 Å². The Labute approximate surface area is 503 Å². The van der Waals surface area contributed by atoms with Crippen LogP contribution in [0.2, 0.25) is 0 Å². The molecule has 8 N–H and O–H groups in total. The number of allylic oxidation sites excluding steroid dienone is 10. The summed E-state index contributed by atoms with van der Waals surface area (Å²) in [6.45, 7) is 3.47. The van der Waals surface area contributed by atoms with Gasteiger partial charge in [0.05, 0.1) is 25.4 Å². The lowest BCUT2D eigenvalue weighted by atomic mass is 9.98. The molecule has 11 nitrogen and oxygen atoms in total. The van der Waals surface area contributed by atoms with Gasteiger partial charge in [0.25, 0.3) is 0 Å². The van der Waals surface area contributed by atoms with Crippen LogP contribution in [0.4, 0.5) is 0 Å². The molecule has 0 aromatic carbocycles. The molecule has 1 fully saturated rings. The van der Waals surface area contributed by atoms with Crippen LogP contribution in [0.15, 0.2) is 60.8 Å². The van der Waals surface area contributed by atoms with Gasteiger partial charge in [-0.15, -0.1) is 0 Å². The summed E-state index contributed by atoms with van der Waals surface area (Å²) in [6, 6.07) is -1.20. The zero-order valence-electron chi connectivity index (χ0n) is 53.0. The van der Waals surface area contributed by atoms with Crippen LogP contribution < -0.4 is 5.32 Å². The van der Waals surface area contributed by atoms with Crippen molar-refractivity contribution in [3.63, 3.8) is 0 Å². The molecule has 1 saturated heterocycles. The fraction of sp³-hybridized carbons (Fsp3) is 0.845. The van der Waals surface area contributed by atoms with Gasteiger partial charge in [0.15, 0.2) is 6.29 Å². The quantitative estimate of drug-likeness (QED) is 0.0215. The summed E-state index contributed by atoms with van der Waals surface area (Å²) in [7, 11) is 0. The van der Waals surface area contributed by atoms with E-state index in [4.69, 9.17) is 9.47 Å². The Balaban J connectivity index is 2.26. The SMILES string of the molecule is CCCCCCCCCCC/C=C\C/C=C\CCCCCCCCCCCCCCC(O)C(=O)NC(COC1OC(CO)C(O)C(O)C1O)C(O)C(O)CCC/C=C/CC/C=C/CC/C=C/CCCCCCCCCCCCCCCC. The first-order valence-corrected chi connectivity index (χ1v) is 34.7. The first kappa shape index (κ1) is 77.8. The lowest BCUT2D eigenvalue weighted by Crippen LogP contribution is -2.60. The van der Waals surface area contributed by atoms with E-state index >= 15 is 0 Å². The highest BCUT2D eigenvalue weighted by Crippen LogP contribution is 2.24. The number of aliphatic hydroxyl groups excluding tert-OH is 7. The monoisotopic (exact) mass is 1160 g/mol. The van der Waals surface area contributed by atoms with Crippen molar-refractivity contribution in [3.8, 4) is 0 Å². The van der Waals surface area contributed by atoms with Gasteiger partial charge in [-0.1, -0.05) is 280 Å². The molecule has 0 aromatic heterocycles. The van der Waals surface area contributed by atoms with Crippen LogP contribution in [0.1, 0.15) is 316 Å². The minimum absolute atomic E-state index is 0.239. The molecule has 82 heavy (non-hydrogen) atoms. The predicted molar refractivity (Wildman–Crippen MR) is 344 cm³/mol. The Bertz CT molecular complexity index is 1520. The van der Waals surface area contributed by atoms with Crippen LogP contribution in [0.3, 0.4) is 0 Å². The number of hydrogen-bond donors (Lipinski definition) is 8. The van der Waals surface area contributed by atoms with E-state index in [1.807, 2.05) is 0 Å². The maximum Gasteiger partial charge on any atom is 0.249 e. The third-order valence-corrected chi connectivity index (χ3v) is 16.5. The molecule has 480 valence electrons. The third kappa shape index (κ3) is 46.1. The molecule has 1 heterocycles. The second-order valence-corrected chi connectivity index (χ2v) is 24.2. The molecular formula is C71H131NO10. The van der Waals surface area contributed by atoms with Crippen molar-refractivity contribution >= 4 is 5.91 Å².